The van der Waals surface area contributed by atoms with Crippen LogP contribution >= 0.6 is 12.4 Å². The number of amides is 2. The van der Waals surface area contributed by atoms with Crippen LogP contribution in [-0.2, 0) is 19.8 Å². The molecule has 0 spiro atoms. The Morgan fingerprint density at radius 2 is 1.51 bits per heavy atom. The molecular weight excluding hydrogens is 466 g/mol. The predicted octanol–water partition coefficient (Wildman–Crippen LogP) is 4.02. The van der Waals surface area contributed by atoms with Crippen LogP contribution in [0.25, 0.3) is 0 Å². The number of carbonyl (C=O) groups excluding carboxylic acids is 2. The van der Waals surface area contributed by atoms with E-state index in [1.54, 1.807) is 25.1 Å². The minimum atomic E-state index is -1.02. The van der Waals surface area contributed by atoms with Gasteiger partial charge in [-0.3, -0.25) is 9.59 Å². The Bertz CT molecular complexity index is 891. The highest BCUT2D eigenvalue weighted by molar-refractivity contribution is 5.91. The first-order chi connectivity index (χ1) is 15.5. The summed E-state index contributed by atoms with van der Waals surface area (Å²) < 4.78 is 0. The molecule has 0 aliphatic rings. The first-order valence-corrected chi connectivity index (χ1v) is 11.8. The Morgan fingerprint density at radius 1 is 1.00 bits per heavy atom. The minimum absolute atomic E-state index is 0. The lowest BCUT2D eigenvalue weighted by Gasteiger charge is -2.39. The van der Waals surface area contributed by atoms with Gasteiger partial charge < -0.3 is 20.6 Å². The molecule has 2 amide bonds. The Labute approximate surface area is 217 Å². The molecule has 198 valence electrons. The van der Waals surface area contributed by atoms with Crippen molar-refractivity contribution in [1.82, 2.24) is 15.5 Å². The second-order valence-electron chi connectivity index (χ2n) is 11.0. The SMILES string of the molecule is CNC(C(=O)N[C@H](C(=O)N(C)[C@H](/C=C(\C)C(=O)O)C(C)C)C(C)(C)C)C(C)(C)c1ccccc1.Cl. The van der Waals surface area contributed by atoms with Gasteiger partial charge in [0, 0.05) is 18.0 Å². The van der Waals surface area contributed by atoms with Gasteiger partial charge in [-0.05, 0) is 30.9 Å². The average molecular weight is 510 g/mol. The van der Waals surface area contributed by atoms with Crippen LogP contribution in [0.1, 0.15) is 61.0 Å². The third-order valence-electron chi connectivity index (χ3n) is 6.43. The predicted molar refractivity (Wildman–Crippen MR) is 144 cm³/mol. The number of likely N-dealkylation sites (N-methyl/N-ethyl adjacent to an activating group) is 2. The highest BCUT2D eigenvalue weighted by Crippen LogP contribution is 2.29. The fraction of sp³-hybridized carbons (Fsp3) is 0.593. The molecule has 35 heavy (non-hydrogen) atoms. The summed E-state index contributed by atoms with van der Waals surface area (Å²) in [5.74, 6) is -1.56. The molecule has 0 radical (unpaired) electrons. The summed E-state index contributed by atoms with van der Waals surface area (Å²) in [6.45, 7) is 15.1. The quantitative estimate of drug-likeness (QED) is 0.414. The van der Waals surface area contributed by atoms with Crippen molar-refractivity contribution < 1.29 is 19.5 Å². The van der Waals surface area contributed by atoms with Gasteiger partial charge >= 0.3 is 5.97 Å². The van der Waals surface area contributed by atoms with Crippen LogP contribution in [0.4, 0.5) is 0 Å². The van der Waals surface area contributed by atoms with Gasteiger partial charge in [-0.15, -0.1) is 12.4 Å². The molecule has 0 aliphatic carbocycles. The van der Waals surface area contributed by atoms with Crippen LogP contribution in [0, 0.1) is 11.3 Å². The number of carboxylic acid groups (broad SMARTS) is 1. The van der Waals surface area contributed by atoms with E-state index >= 15 is 0 Å². The maximum absolute atomic E-state index is 13.7. The van der Waals surface area contributed by atoms with Gasteiger partial charge in [0.25, 0.3) is 0 Å². The van der Waals surface area contributed by atoms with E-state index in [0.717, 1.165) is 5.56 Å². The normalized spacial score (nSPS) is 15.0. The molecule has 1 aromatic carbocycles. The van der Waals surface area contributed by atoms with Crippen molar-refractivity contribution in [2.24, 2.45) is 11.3 Å². The van der Waals surface area contributed by atoms with Crippen LogP contribution in [0.15, 0.2) is 42.0 Å². The summed E-state index contributed by atoms with van der Waals surface area (Å²) in [7, 11) is 3.40. The molecule has 0 aliphatic heterocycles. The molecule has 3 atom stereocenters. The van der Waals surface area contributed by atoms with E-state index in [1.165, 1.54) is 6.92 Å². The van der Waals surface area contributed by atoms with Gasteiger partial charge in [-0.2, -0.15) is 0 Å². The van der Waals surface area contributed by atoms with Crippen LogP contribution < -0.4 is 10.6 Å². The van der Waals surface area contributed by atoms with E-state index < -0.39 is 34.9 Å². The van der Waals surface area contributed by atoms with E-state index in [1.807, 2.05) is 78.8 Å². The number of aliphatic carboxylic acids is 1. The molecule has 0 heterocycles. The van der Waals surface area contributed by atoms with Gasteiger partial charge in [-0.25, -0.2) is 4.79 Å². The number of halogens is 1. The summed E-state index contributed by atoms with van der Waals surface area (Å²) in [6, 6.07) is 7.99. The Morgan fingerprint density at radius 3 is 1.91 bits per heavy atom. The Hall–Kier alpha value is -2.38. The maximum Gasteiger partial charge on any atom is 0.331 e. The lowest BCUT2D eigenvalue weighted by molar-refractivity contribution is -0.141. The largest absolute Gasteiger partial charge is 0.478 e. The summed E-state index contributed by atoms with van der Waals surface area (Å²) in [4.78, 5) is 40.1. The lowest BCUT2D eigenvalue weighted by Crippen LogP contribution is -2.61. The van der Waals surface area contributed by atoms with Crippen molar-refractivity contribution in [1.29, 1.82) is 0 Å². The fourth-order valence-electron chi connectivity index (χ4n) is 4.16. The summed E-state index contributed by atoms with van der Waals surface area (Å²) >= 11 is 0. The molecule has 0 saturated carbocycles. The van der Waals surface area contributed by atoms with Gasteiger partial charge in [-0.1, -0.05) is 84.9 Å². The molecule has 1 aromatic rings. The monoisotopic (exact) mass is 509 g/mol. The van der Waals surface area contributed by atoms with Gasteiger partial charge in [0.2, 0.25) is 11.8 Å². The van der Waals surface area contributed by atoms with Gasteiger partial charge in [0.1, 0.15) is 6.04 Å². The first kappa shape index (κ1) is 32.6. The van der Waals surface area contributed by atoms with E-state index in [-0.39, 0.29) is 35.7 Å². The molecule has 1 unspecified atom stereocenters. The average Bonchev–Trinajstić information content (AvgIpc) is 2.74. The third kappa shape index (κ3) is 8.36. The fourth-order valence-corrected chi connectivity index (χ4v) is 4.16. The highest BCUT2D eigenvalue weighted by Gasteiger charge is 2.41. The second-order valence-corrected chi connectivity index (χ2v) is 11.0. The molecule has 3 N–H and O–H groups in total. The molecule has 1 rings (SSSR count). The summed E-state index contributed by atoms with van der Waals surface area (Å²) in [6.07, 6.45) is 1.60. The van der Waals surface area contributed by atoms with Crippen LogP contribution in [-0.4, -0.2) is 60.0 Å². The zero-order valence-electron chi connectivity index (χ0n) is 22.8. The van der Waals surface area contributed by atoms with Crippen molar-refractivity contribution in [3.63, 3.8) is 0 Å². The van der Waals surface area contributed by atoms with Crippen LogP contribution in [0.2, 0.25) is 0 Å². The van der Waals surface area contributed by atoms with Gasteiger partial charge in [0.15, 0.2) is 0 Å². The van der Waals surface area contributed by atoms with Crippen LogP contribution in [0.3, 0.4) is 0 Å². The molecule has 0 fully saturated rings. The second kappa shape index (κ2) is 13.1. The van der Waals surface area contributed by atoms with E-state index in [4.69, 9.17) is 0 Å². The number of hydrogen-bond acceptors (Lipinski definition) is 4. The maximum atomic E-state index is 13.7. The summed E-state index contributed by atoms with van der Waals surface area (Å²) in [5, 5.41) is 15.5. The van der Waals surface area contributed by atoms with E-state index in [2.05, 4.69) is 10.6 Å². The minimum Gasteiger partial charge on any atom is -0.478 e. The zero-order valence-corrected chi connectivity index (χ0v) is 23.6. The third-order valence-corrected chi connectivity index (χ3v) is 6.43. The summed E-state index contributed by atoms with van der Waals surface area (Å²) in [5.41, 5.74) is 0.0895. The number of carbonyl (C=O) groups is 3. The molecular formula is C27H44ClN3O4. The number of nitrogens with zero attached hydrogens (tertiary/aromatic N) is 1. The lowest BCUT2D eigenvalue weighted by atomic mass is 9.76. The Kier molecular flexibility index (Phi) is 12.2. The molecule has 8 heteroatoms. The smallest absolute Gasteiger partial charge is 0.331 e. The topological polar surface area (TPSA) is 98.7 Å². The molecule has 0 bridgehead atoms. The highest BCUT2D eigenvalue weighted by atomic mass is 35.5. The molecule has 0 saturated heterocycles. The van der Waals surface area contributed by atoms with Crippen molar-refractivity contribution >= 4 is 30.2 Å². The standard InChI is InChI=1S/C27H43N3O4.ClH/c1-17(2)20(16-18(3)25(33)34)30(10)24(32)22(26(4,5)6)29-23(31)21(28-9)27(7,8)19-14-12-11-13-15-19;/h11-17,20-22,28H,1-10H3,(H,29,31)(H,33,34);1H/b18-16+;/t20-,21?,22-;/m1./s1. The molecule has 0 aromatic heterocycles. The van der Waals surface area contributed by atoms with Crippen LogP contribution in [0.5, 0.6) is 0 Å². The molecule has 7 nitrogen and oxygen atoms in total. The number of nitrogens with one attached hydrogen (secondary N) is 2. The zero-order chi connectivity index (χ0) is 26.4. The number of carboxylic acids is 1. The Balaban J connectivity index is 0.0000116. The van der Waals surface area contributed by atoms with E-state index in [9.17, 15) is 19.5 Å². The van der Waals surface area contributed by atoms with E-state index in [0.29, 0.717) is 0 Å². The van der Waals surface area contributed by atoms with Crippen molar-refractivity contribution in [2.45, 2.75) is 78.9 Å². The van der Waals surface area contributed by atoms with Crippen molar-refractivity contribution in [2.75, 3.05) is 14.1 Å². The number of hydrogen-bond donors (Lipinski definition) is 3. The van der Waals surface area contributed by atoms with Crippen molar-refractivity contribution in [3.05, 3.63) is 47.5 Å². The number of rotatable bonds is 10. The van der Waals surface area contributed by atoms with Gasteiger partial charge in [0.05, 0.1) is 12.1 Å². The van der Waals surface area contributed by atoms with Crippen molar-refractivity contribution in [3.8, 4) is 0 Å². The first-order valence-electron chi connectivity index (χ1n) is 11.8. The number of benzene rings is 1.